The van der Waals surface area contributed by atoms with Crippen LogP contribution in [-0.4, -0.2) is 37.8 Å². The summed E-state index contributed by atoms with van der Waals surface area (Å²) in [5.41, 5.74) is 0.901. The lowest BCUT2D eigenvalue weighted by molar-refractivity contribution is 0.0924. The summed E-state index contributed by atoms with van der Waals surface area (Å²) >= 11 is 0. The quantitative estimate of drug-likeness (QED) is 0.883. The summed E-state index contributed by atoms with van der Waals surface area (Å²) in [6.07, 6.45) is 2.29. The Morgan fingerprint density at radius 2 is 2.44 bits per heavy atom. The van der Waals surface area contributed by atoms with Crippen molar-refractivity contribution >= 4 is 5.82 Å². The van der Waals surface area contributed by atoms with Crippen LogP contribution in [0.2, 0.25) is 0 Å². The number of hydrogen-bond acceptors (Lipinski definition) is 4. The molecular weight excluding hydrogens is 233 g/mol. The number of rotatable bonds is 4. The second-order valence-electron chi connectivity index (χ2n) is 4.50. The zero-order valence-corrected chi connectivity index (χ0v) is 10.9. The SMILES string of the molecule is CCC1COCCN1c1ncc(F)cc1CNC. The normalized spacial score (nSPS) is 20.2. The highest BCUT2D eigenvalue weighted by Crippen LogP contribution is 2.23. The van der Waals surface area contributed by atoms with E-state index in [0.29, 0.717) is 25.8 Å². The minimum atomic E-state index is -0.287. The van der Waals surface area contributed by atoms with Gasteiger partial charge in [0.15, 0.2) is 0 Å². The van der Waals surface area contributed by atoms with Crippen molar-refractivity contribution in [2.45, 2.75) is 25.9 Å². The zero-order valence-electron chi connectivity index (χ0n) is 10.9. The van der Waals surface area contributed by atoms with Crippen LogP contribution in [-0.2, 0) is 11.3 Å². The molecule has 0 amide bonds. The largest absolute Gasteiger partial charge is 0.377 e. The third kappa shape index (κ3) is 2.79. The van der Waals surface area contributed by atoms with Gasteiger partial charge in [-0.3, -0.25) is 0 Å². The number of aromatic nitrogens is 1. The number of pyridine rings is 1. The average molecular weight is 253 g/mol. The Labute approximate surface area is 107 Å². The van der Waals surface area contributed by atoms with Crippen LogP contribution in [0.15, 0.2) is 12.3 Å². The van der Waals surface area contributed by atoms with Gasteiger partial charge in [-0.1, -0.05) is 6.92 Å². The summed E-state index contributed by atoms with van der Waals surface area (Å²) in [4.78, 5) is 6.51. The van der Waals surface area contributed by atoms with Gasteiger partial charge in [0, 0.05) is 18.7 Å². The smallest absolute Gasteiger partial charge is 0.141 e. The first-order valence-electron chi connectivity index (χ1n) is 6.39. The molecular formula is C13H20FN3O. The van der Waals surface area contributed by atoms with Gasteiger partial charge in [-0.25, -0.2) is 9.37 Å². The number of nitrogens with one attached hydrogen (secondary N) is 1. The molecule has 0 radical (unpaired) electrons. The van der Waals surface area contributed by atoms with Gasteiger partial charge in [0.2, 0.25) is 0 Å². The van der Waals surface area contributed by atoms with Crippen LogP contribution in [0, 0.1) is 5.82 Å². The van der Waals surface area contributed by atoms with Crippen molar-refractivity contribution in [1.82, 2.24) is 10.3 Å². The van der Waals surface area contributed by atoms with E-state index in [1.54, 1.807) is 6.07 Å². The second-order valence-corrected chi connectivity index (χ2v) is 4.50. The molecule has 1 aliphatic heterocycles. The molecule has 100 valence electrons. The Morgan fingerprint density at radius 1 is 1.61 bits per heavy atom. The van der Waals surface area contributed by atoms with E-state index in [2.05, 4.69) is 22.1 Å². The van der Waals surface area contributed by atoms with Crippen LogP contribution in [0.1, 0.15) is 18.9 Å². The molecule has 1 aliphatic rings. The second kappa shape index (κ2) is 6.11. The molecule has 0 aliphatic carbocycles. The van der Waals surface area contributed by atoms with Crippen LogP contribution in [0.5, 0.6) is 0 Å². The van der Waals surface area contributed by atoms with E-state index < -0.39 is 0 Å². The molecule has 4 nitrogen and oxygen atoms in total. The summed E-state index contributed by atoms with van der Waals surface area (Å²) in [6.45, 7) is 4.98. The Bertz CT molecular complexity index is 400. The Morgan fingerprint density at radius 3 is 3.17 bits per heavy atom. The van der Waals surface area contributed by atoms with E-state index in [1.165, 1.54) is 6.20 Å². The van der Waals surface area contributed by atoms with E-state index >= 15 is 0 Å². The third-order valence-corrected chi connectivity index (χ3v) is 3.25. The lowest BCUT2D eigenvalue weighted by atomic mass is 10.1. The van der Waals surface area contributed by atoms with Crippen molar-refractivity contribution in [1.29, 1.82) is 0 Å². The molecule has 0 aromatic carbocycles. The first-order chi connectivity index (χ1) is 8.76. The summed E-state index contributed by atoms with van der Waals surface area (Å²) in [5.74, 6) is 0.589. The summed E-state index contributed by atoms with van der Waals surface area (Å²) < 4.78 is 18.8. The highest BCUT2D eigenvalue weighted by molar-refractivity contribution is 5.48. The van der Waals surface area contributed by atoms with Crippen LogP contribution in [0.4, 0.5) is 10.2 Å². The van der Waals surface area contributed by atoms with Gasteiger partial charge in [-0.2, -0.15) is 0 Å². The molecule has 2 heterocycles. The first-order valence-corrected chi connectivity index (χ1v) is 6.39. The van der Waals surface area contributed by atoms with Crippen LogP contribution < -0.4 is 10.2 Å². The van der Waals surface area contributed by atoms with Crippen molar-refractivity contribution in [3.8, 4) is 0 Å². The molecule has 1 atom stereocenters. The van der Waals surface area contributed by atoms with Crippen LogP contribution >= 0.6 is 0 Å². The van der Waals surface area contributed by atoms with E-state index in [4.69, 9.17) is 4.74 Å². The molecule has 5 heteroatoms. The molecule has 2 rings (SSSR count). The highest BCUT2D eigenvalue weighted by atomic mass is 19.1. The Kier molecular flexibility index (Phi) is 4.49. The minimum absolute atomic E-state index is 0.287. The number of nitrogens with zero attached hydrogens (tertiary/aromatic N) is 2. The minimum Gasteiger partial charge on any atom is -0.377 e. The predicted molar refractivity (Wildman–Crippen MR) is 69.2 cm³/mol. The van der Waals surface area contributed by atoms with Gasteiger partial charge in [0.05, 0.1) is 25.5 Å². The van der Waals surface area contributed by atoms with Crippen molar-refractivity contribution < 1.29 is 9.13 Å². The molecule has 1 fully saturated rings. The van der Waals surface area contributed by atoms with Crippen molar-refractivity contribution in [2.24, 2.45) is 0 Å². The summed E-state index contributed by atoms with van der Waals surface area (Å²) in [5, 5.41) is 3.06. The topological polar surface area (TPSA) is 37.4 Å². The van der Waals surface area contributed by atoms with Crippen LogP contribution in [0.25, 0.3) is 0 Å². The lowest BCUT2D eigenvalue weighted by Gasteiger charge is -2.37. The van der Waals surface area contributed by atoms with E-state index in [-0.39, 0.29) is 5.82 Å². The van der Waals surface area contributed by atoms with Gasteiger partial charge in [0.25, 0.3) is 0 Å². The third-order valence-electron chi connectivity index (χ3n) is 3.25. The predicted octanol–water partition coefficient (Wildman–Crippen LogP) is 1.56. The van der Waals surface area contributed by atoms with Gasteiger partial charge < -0.3 is 15.0 Å². The molecule has 1 unspecified atom stereocenters. The first kappa shape index (κ1) is 13.2. The lowest BCUT2D eigenvalue weighted by Crippen LogP contribution is -2.46. The molecule has 1 saturated heterocycles. The maximum atomic E-state index is 13.3. The Hall–Kier alpha value is -1.20. The fraction of sp³-hybridized carbons (Fsp3) is 0.615. The van der Waals surface area contributed by atoms with Crippen molar-refractivity contribution in [3.05, 3.63) is 23.6 Å². The van der Waals surface area contributed by atoms with Crippen LogP contribution in [0.3, 0.4) is 0 Å². The molecule has 18 heavy (non-hydrogen) atoms. The van der Waals surface area contributed by atoms with Gasteiger partial charge in [0.1, 0.15) is 11.6 Å². The number of anilines is 1. The van der Waals surface area contributed by atoms with Crippen molar-refractivity contribution in [3.63, 3.8) is 0 Å². The Balaban J connectivity index is 2.29. The molecule has 1 aromatic heterocycles. The fourth-order valence-corrected chi connectivity index (χ4v) is 2.33. The molecule has 1 N–H and O–H groups in total. The number of morpholine rings is 1. The van der Waals surface area contributed by atoms with E-state index in [9.17, 15) is 4.39 Å². The summed E-state index contributed by atoms with van der Waals surface area (Å²) in [7, 11) is 1.85. The van der Waals surface area contributed by atoms with Crippen molar-refractivity contribution in [2.75, 3.05) is 31.7 Å². The highest BCUT2D eigenvalue weighted by Gasteiger charge is 2.24. The van der Waals surface area contributed by atoms with Gasteiger partial charge in [-0.05, 0) is 19.5 Å². The number of hydrogen-bond donors (Lipinski definition) is 1. The fourth-order valence-electron chi connectivity index (χ4n) is 2.33. The number of ether oxygens (including phenoxy) is 1. The molecule has 1 aromatic rings. The van der Waals surface area contributed by atoms with Gasteiger partial charge in [-0.15, -0.1) is 0 Å². The molecule has 0 bridgehead atoms. The molecule has 0 saturated carbocycles. The van der Waals surface area contributed by atoms with E-state index in [0.717, 1.165) is 24.3 Å². The number of halogens is 1. The maximum absolute atomic E-state index is 13.3. The van der Waals surface area contributed by atoms with E-state index in [1.807, 2.05) is 7.05 Å². The monoisotopic (exact) mass is 253 g/mol. The standard InChI is InChI=1S/C13H20FN3O/c1-3-12-9-18-5-4-17(12)13-10(7-15-2)6-11(14)8-16-13/h6,8,12,15H,3-5,7,9H2,1-2H3. The average Bonchev–Trinajstić information content (AvgIpc) is 2.39. The molecule has 0 spiro atoms. The maximum Gasteiger partial charge on any atom is 0.141 e. The summed E-state index contributed by atoms with van der Waals surface area (Å²) in [6, 6.07) is 1.88. The zero-order chi connectivity index (χ0) is 13.0. The van der Waals surface area contributed by atoms with Gasteiger partial charge >= 0.3 is 0 Å².